The summed E-state index contributed by atoms with van der Waals surface area (Å²) in [5, 5.41) is 12.4. The van der Waals surface area contributed by atoms with Gasteiger partial charge in [0, 0.05) is 6.42 Å². The molecular weight excluding hydrogens is 238 g/mol. The van der Waals surface area contributed by atoms with Gasteiger partial charge in [-0.15, -0.1) is 0 Å². The first-order valence-corrected chi connectivity index (χ1v) is 7.24. The first-order valence-electron chi connectivity index (χ1n) is 7.24. The van der Waals surface area contributed by atoms with Crippen molar-refractivity contribution in [1.82, 2.24) is 5.32 Å². The third-order valence-electron chi connectivity index (χ3n) is 3.92. The fraction of sp³-hybridized carbons (Fsp3) is 0.562. The Balaban J connectivity index is 1.85. The van der Waals surface area contributed by atoms with Crippen LogP contribution < -0.4 is 5.32 Å². The number of aliphatic hydroxyl groups is 1. The average molecular weight is 261 g/mol. The standard InChI is InChI=1S/C16H23NO2/c18-12-15(14-9-5-2-6-10-14)17-16(19)11-13-7-3-1-4-8-13/h2,5-6,9-10,13,15,18H,1,3-4,7-8,11-12H2,(H,17,19)/t15-/m0/s1. The molecular formula is C16H23NO2. The summed E-state index contributed by atoms with van der Waals surface area (Å²) in [6.45, 7) is -0.0551. The van der Waals surface area contributed by atoms with Crippen LogP contribution in [0.3, 0.4) is 0 Å². The largest absolute Gasteiger partial charge is 0.394 e. The quantitative estimate of drug-likeness (QED) is 0.856. The van der Waals surface area contributed by atoms with Crippen molar-refractivity contribution < 1.29 is 9.90 Å². The van der Waals surface area contributed by atoms with Crippen molar-refractivity contribution in [1.29, 1.82) is 0 Å². The number of aliphatic hydroxyl groups excluding tert-OH is 1. The highest BCUT2D eigenvalue weighted by molar-refractivity contribution is 5.76. The second kappa shape index (κ2) is 7.29. The summed E-state index contributed by atoms with van der Waals surface area (Å²) in [5.74, 6) is 0.596. The van der Waals surface area contributed by atoms with E-state index in [1.54, 1.807) is 0 Å². The van der Waals surface area contributed by atoms with E-state index in [1.165, 1.54) is 32.1 Å². The topological polar surface area (TPSA) is 49.3 Å². The Morgan fingerprint density at radius 2 is 1.89 bits per heavy atom. The molecule has 1 aliphatic carbocycles. The number of hydrogen-bond donors (Lipinski definition) is 2. The molecule has 1 atom stereocenters. The van der Waals surface area contributed by atoms with Crippen LogP contribution >= 0.6 is 0 Å². The van der Waals surface area contributed by atoms with Crippen LogP contribution in [0.5, 0.6) is 0 Å². The smallest absolute Gasteiger partial charge is 0.220 e. The van der Waals surface area contributed by atoms with Gasteiger partial charge in [-0.25, -0.2) is 0 Å². The number of hydrogen-bond acceptors (Lipinski definition) is 2. The molecule has 0 bridgehead atoms. The minimum Gasteiger partial charge on any atom is -0.394 e. The summed E-state index contributed by atoms with van der Waals surface area (Å²) >= 11 is 0. The van der Waals surface area contributed by atoms with E-state index in [0.717, 1.165) is 5.56 Å². The van der Waals surface area contributed by atoms with Gasteiger partial charge in [-0.1, -0.05) is 49.6 Å². The van der Waals surface area contributed by atoms with E-state index in [9.17, 15) is 9.90 Å². The van der Waals surface area contributed by atoms with Gasteiger partial charge >= 0.3 is 0 Å². The molecule has 0 heterocycles. The Hall–Kier alpha value is -1.35. The SMILES string of the molecule is O=C(CC1CCCCC1)N[C@@H](CO)c1ccccc1. The number of rotatable bonds is 5. The third-order valence-corrected chi connectivity index (χ3v) is 3.92. The zero-order valence-corrected chi connectivity index (χ0v) is 11.3. The van der Waals surface area contributed by atoms with Crippen LogP contribution in [0.25, 0.3) is 0 Å². The van der Waals surface area contributed by atoms with E-state index < -0.39 is 0 Å². The van der Waals surface area contributed by atoms with Gasteiger partial charge in [-0.05, 0) is 24.3 Å². The van der Waals surface area contributed by atoms with E-state index in [0.29, 0.717) is 12.3 Å². The Labute approximate surface area is 115 Å². The van der Waals surface area contributed by atoms with Crippen LogP contribution in [-0.2, 0) is 4.79 Å². The Bertz CT molecular complexity index is 385. The fourth-order valence-electron chi connectivity index (χ4n) is 2.83. The molecule has 0 aliphatic heterocycles. The fourth-order valence-corrected chi connectivity index (χ4v) is 2.83. The van der Waals surface area contributed by atoms with Crippen molar-refractivity contribution >= 4 is 5.91 Å². The molecule has 0 spiro atoms. The molecule has 104 valence electrons. The summed E-state index contributed by atoms with van der Waals surface area (Å²) in [7, 11) is 0. The molecule has 1 amide bonds. The van der Waals surface area contributed by atoms with Crippen LogP contribution in [0.2, 0.25) is 0 Å². The molecule has 1 aromatic rings. The van der Waals surface area contributed by atoms with Crippen LogP contribution in [0.4, 0.5) is 0 Å². The number of carbonyl (C=O) groups is 1. The minimum atomic E-state index is -0.280. The van der Waals surface area contributed by atoms with Crippen molar-refractivity contribution in [3.63, 3.8) is 0 Å². The molecule has 0 radical (unpaired) electrons. The lowest BCUT2D eigenvalue weighted by atomic mass is 9.87. The Kier molecular flexibility index (Phi) is 5.40. The van der Waals surface area contributed by atoms with Crippen LogP contribution in [-0.4, -0.2) is 17.6 Å². The van der Waals surface area contributed by atoms with Gasteiger partial charge in [0.25, 0.3) is 0 Å². The van der Waals surface area contributed by atoms with Gasteiger partial charge < -0.3 is 10.4 Å². The molecule has 0 saturated heterocycles. The van der Waals surface area contributed by atoms with Crippen molar-refractivity contribution in [3.05, 3.63) is 35.9 Å². The third kappa shape index (κ3) is 4.35. The highest BCUT2D eigenvalue weighted by Gasteiger charge is 2.19. The minimum absolute atomic E-state index is 0.0551. The first kappa shape index (κ1) is 14.1. The second-order valence-electron chi connectivity index (χ2n) is 5.42. The van der Waals surface area contributed by atoms with E-state index in [-0.39, 0.29) is 18.6 Å². The predicted octanol–water partition coefficient (Wildman–Crippen LogP) is 2.81. The zero-order valence-electron chi connectivity index (χ0n) is 11.3. The maximum Gasteiger partial charge on any atom is 0.220 e. The lowest BCUT2D eigenvalue weighted by molar-refractivity contribution is -0.123. The normalized spacial score (nSPS) is 17.9. The lowest BCUT2D eigenvalue weighted by Gasteiger charge is -2.23. The van der Waals surface area contributed by atoms with E-state index in [2.05, 4.69) is 5.32 Å². The second-order valence-corrected chi connectivity index (χ2v) is 5.42. The van der Waals surface area contributed by atoms with Crippen molar-refractivity contribution in [2.24, 2.45) is 5.92 Å². The van der Waals surface area contributed by atoms with E-state index in [1.807, 2.05) is 30.3 Å². The Morgan fingerprint density at radius 1 is 1.21 bits per heavy atom. The summed E-state index contributed by atoms with van der Waals surface area (Å²) in [5.41, 5.74) is 0.960. The number of benzene rings is 1. The van der Waals surface area contributed by atoms with Gasteiger partial charge in [0.2, 0.25) is 5.91 Å². The Morgan fingerprint density at radius 3 is 2.53 bits per heavy atom. The molecule has 2 rings (SSSR count). The van der Waals surface area contributed by atoms with Gasteiger partial charge in [0.15, 0.2) is 0 Å². The molecule has 3 nitrogen and oxygen atoms in total. The molecule has 0 aromatic heterocycles. The highest BCUT2D eigenvalue weighted by atomic mass is 16.3. The summed E-state index contributed by atoms with van der Waals surface area (Å²) in [6, 6.07) is 9.36. The summed E-state index contributed by atoms with van der Waals surface area (Å²) in [6.07, 6.45) is 6.75. The molecule has 1 saturated carbocycles. The van der Waals surface area contributed by atoms with Crippen molar-refractivity contribution in [3.8, 4) is 0 Å². The molecule has 19 heavy (non-hydrogen) atoms. The maximum absolute atomic E-state index is 12.0. The number of amides is 1. The number of carbonyl (C=O) groups excluding carboxylic acids is 1. The summed E-state index contributed by atoms with van der Waals surface area (Å²) in [4.78, 5) is 12.0. The predicted molar refractivity (Wildman–Crippen MR) is 75.6 cm³/mol. The lowest BCUT2D eigenvalue weighted by Crippen LogP contribution is -2.32. The summed E-state index contributed by atoms with van der Waals surface area (Å²) < 4.78 is 0. The van der Waals surface area contributed by atoms with Crippen molar-refractivity contribution in [2.45, 2.75) is 44.6 Å². The molecule has 1 aromatic carbocycles. The zero-order chi connectivity index (χ0) is 13.5. The van der Waals surface area contributed by atoms with Gasteiger partial charge in [0.1, 0.15) is 0 Å². The monoisotopic (exact) mass is 261 g/mol. The molecule has 1 aliphatic rings. The van der Waals surface area contributed by atoms with Crippen molar-refractivity contribution in [2.75, 3.05) is 6.61 Å². The van der Waals surface area contributed by atoms with E-state index in [4.69, 9.17) is 0 Å². The van der Waals surface area contributed by atoms with Crippen LogP contribution in [0, 0.1) is 5.92 Å². The van der Waals surface area contributed by atoms with Gasteiger partial charge in [-0.2, -0.15) is 0 Å². The van der Waals surface area contributed by atoms with Gasteiger partial charge in [-0.3, -0.25) is 4.79 Å². The number of nitrogens with one attached hydrogen (secondary N) is 1. The highest BCUT2D eigenvalue weighted by Crippen LogP contribution is 2.26. The molecule has 0 unspecified atom stereocenters. The van der Waals surface area contributed by atoms with E-state index >= 15 is 0 Å². The molecule has 1 fully saturated rings. The molecule has 3 heteroatoms. The molecule has 2 N–H and O–H groups in total. The van der Waals surface area contributed by atoms with Crippen LogP contribution in [0.15, 0.2) is 30.3 Å². The first-order chi connectivity index (χ1) is 9.29. The average Bonchev–Trinajstić information content (AvgIpc) is 2.47. The maximum atomic E-state index is 12.0. The van der Waals surface area contributed by atoms with Crippen LogP contribution in [0.1, 0.15) is 50.1 Å². The van der Waals surface area contributed by atoms with Gasteiger partial charge in [0.05, 0.1) is 12.6 Å².